The summed E-state index contributed by atoms with van der Waals surface area (Å²) in [6.45, 7) is 4.66. The van der Waals surface area contributed by atoms with Gasteiger partial charge in [0.2, 0.25) is 5.91 Å². The van der Waals surface area contributed by atoms with Crippen molar-refractivity contribution in [1.29, 1.82) is 0 Å². The van der Waals surface area contributed by atoms with Gasteiger partial charge in [0.15, 0.2) is 0 Å². The third-order valence-corrected chi connectivity index (χ3v) is 4.98. The number of nitrogens with zero attached hydrogens (tertiary/aromatic N) is 2. The van der Waals surface area contributed by atoms with Crippen molar-refractivity contribution in [2.45, 2.75) is 39.2 Å². The fourth-order valence-corrected chi connectivity index (χ4v) is 3.57. The molecule has 6 nitrogen and oxygen atoms in total. The second-order valence-electron chi connectivity index (χ2n) is 6.44. The average Bonchev–Trinajstić information content (AvgIpc) is 3.23. The molecular formula is C19H25N3O3. The first-order valence-corrected chi connectivity index (χ1v) is 8.57. The number of nitrogens with one attached hydrogen (secondary N) is 1. The van der Waals surface area contributed by atoms with Gasteiger partial charge in [0.05, 0.1) is 32.4 Å². The maximum Gasteiger partial charge on any atom is 0.227 e. The van der Waals surface area contributed by atoms with Crippen molar-refractivity contribution in [1.82, 2.24) is 15.1 Å². The summed E-state index contributed by atoms with van der Waals surface area (Å²) < 4.78 is 10.8. The fourth-order valence-electron chi connectivity index (χ4n) is 3.57. The molecule has 134 valence electrons. The number of rotatable bonds is 5. The molecule has 0 radical (unpaired) electrons. The summed E-state index contributed by atoms with van der Waals surface area (Å²) in [5.41, 5.74) is 3.89. The van der Waals surface area contributed by atoms with Crippen LogP contribution in [0.1, 0.15) is 41.4 Å². The molecule has 1 fully saturated rings. The molecule has 0 spiro atoms. The van der Waals surface area contributed by atoms with E-state index in [4.69, 9.17) is 9.47 Å². The number of amides is 1. The van der Waals surface area contributed by atoms with Crippen molar-refractivity contribution in [3.8, 4) is 11.5 Å². The van der Waals surface area contributed by atoms with Crippen LogP contribution in [0.3, 0.4) is 0 Å². The minimum absolute atomic E-state index is 0.0425. The van der Waals surface area contributed by atoms with Crippen LogP contribution in [-0.4, -0.2) is 41.8 Å². The first-order valence-electron chi connectivity index (χ1n) is 8.57. The number of carbonyl (C=O) groups excluding carboxylic acids is 1. The van der Waals surface area contributed by atoms with E-state index in [2.05, 4.69) is 10.2 Å². The Bertz CT molecular complexity index is 750. The largest absolute Gasteiger partial charge is 0.497 e. The maximum atomic E-state index is 12.9. The summed E-state index contributed by atoms with van der Waals surface area (Å²) in [5.74, 6) is 1.65. The Hall–Kier alpha value is -2.50. The Morgan fingerprint density at radius 1 is 1.32 bits per heavy atom. The van der Waals surface area contributed by atoms with E-state index in [1.54, 1.807) is 14.2 Å². The molecule has 1 amide bonds. The van der Waals surface area contributed by atoms with Crippen LogP contribution < -0.4 is 9.47 Å². The zero-order chi connectivity index (χ0) is 18.0. The number of carbonyl (C=O) groups is 1. The molecule has 1 atom stereocenters. The molecule has 1 saturated heterocycles. The zero-order valence-corrected chi connectivity index (χ0v) is 15.3. The van der Waals surface area contributed by atoms with E-state index >= 15 is 0 Å². The SMILES string of the molecule is COc1ccc([C@H]2CCCN2C(=O)Cc2c(C)n[nH]c2C)c(OC)c1. The number of aryl methyl sites for hydroxylation is 2. The highest BCUT2D eigenvalue weighted by Gasteiger charge is 2.32. The highest BCUT2D eigenvalue weighted by atomic mass is 16.5. The summed E-state index contributed by atoms with van der Waals surface area (Å²) in [4.78, 5) is 14.9. The smallest absolute Gasteiger partial charge is 0.227 e. The summed E-state index contributed by atoms with van der Waals surface area (Å²) >= 11 is 0. The molecular weight excluding hydrogens is 318 g/mol. The number of aromatic amines is 1. The lowest BCUT2D eigenvalue weighted by Crippen LogP contribution is -2.32. The van der Waals surface area contributed by atoms with Crippen molar-refractivity contribution in [2.75, 3.05) is 20.8 Å². The number of ether oxygens (including phenoxy) is 2. The molecule has 1 aliphatic rings. The van der Waals surface area contributed by atoms with Crippen molar-refractivity contribution >= 4 is 5.91 Å². The number of likely N-dealkylation sites (tertiary alicyclic amines) is 1. The summed E-state index contributed by atoms with van der Waals surface area (Å²) in [5, 5.41) is 7.14. The Balaban J connectivity index is 1.84. The van der Waals surface area contributed by atoms with Gasteiger partial charge in [0.25, 0.3) is 0 Å². The van der Waals surface area contributed by atoms with Crippen LogP contribution in [0.15, 0.2) is 18.2 Å². The van der Waals surface area contributed by atoms with Crippen LogP contribution in [0.25, 0.3) is 0 Å². The molecule has 1 aromatic carbocycles. The topological polar surface area (TPSA) is 67.5 Å². The molecule has 25 heavy (non-hydrogen) atoms. The molecule has 0 unspecified atom stereocenters. The lowest BCUT2D eigenvalue weighted by atomic mass is 10.0. The van der Waals surface area contributed by atoms with Gasteiger partial charge in [-0.2, -0.15) is 5.10 Å². The fraction of sp³-hybridized carbons (Fsp3) is 0.474. The van der Waals surface area contributed by atoms with Crippen molar-refractivity contribution in [3.63, 3.8) is 0 Å². The van der Waals surface area contributed by atoms with Gasteiger partial charge in [0.1, 0.15) is 11.5 Å². The van der Waals surface area contributed by atoms with Crippen molar-refractivity contribution in [3.05, 3.63) is 40.7 Å². The van der Waals surface area contributed by atoms with Gasteiger partial charge in [0, 0.05) is 29.4 Å². The molecule has 0 saturated carbocycles. The lowest BCUT2D eigenvalue weighted by Gasteiger charge is -2.26. The Kier molecular flexibility index (Phi) is 4.97. The standard InChI is InChI=1S/C19H25N3O3/c1-12-16(13(2)21-20-12)11-19(23)22-9-5-6-17(22)15-8-7-14(24-3)10-18(15)25-4/h7-8,10,17H,5-6,9,11H2,1-4H3,(H,20,21)/t17-/m1/s1. The van der Waals surface area contributed by atoms with Crippen LogP contribution in [0.2, 0.25) is 0 Å². The Labute approximate surface area is 148 Å². The Morgan fingerprint density at radius 3 is 2.76 bits per heavy atom. The normalized spacial score (nSPS) is 17.0. The number of aromatic nitrogens is 2. The van der Waals surface area contributed by atoms with E-state index in [0.717, 1.165) is 53.4 Å². The molecule has 0 bridgehead atoms. The van der Waals surface area contributed by atoms with Gasteiger partial charge < -0.3 is 14.4 Å². The number of H-pyrrole nitrogens is 1. The predicted molar refractivity (Wildman–Crippen MR) is 95.0 cm³/mol. The molecule has 1 aliphatic heterocycles. The van der Waals surface area contributed by atoms with Crippen LogP contribution in [-0.2, 0) is 11.2 Å². The van der Waals surface area contributed by atoms with Crippen LogP contribution in [0.5, 0.6) is 11.5 Å². The monoisotopic (exact) mass is 343 g/mol. The molecule has 2 heterocycles. The van der Waals surface area contributed by atoms with E-state index in [-0.39, 0.29) is 11.9 Å². The second-order valence-corrected chi connectivity index (χ2v) is 6.44. The van der Waals surface area contributed by atoms with E-state index in [1.165, 1.54) is 0 Å². The van der Waals surface area contributed by atoms with Gasteiger partial charge in [-0.25, -0.2) is 0 Å². The highest BCUT2D eigenvalue weighted by molar-refractivity contribution is 5.80. The minimum atomic E-state index is 0.0425. The summed E-state index contributed by atoms with van der Waals surface area (Å²) in [7, 11) is 3.28. The minimum Gasteiger partial charge on any atom is -0.497 e. The third-order valence-electron chi connectivity index (χ3n) is 4.98. The number of hydrogen-bond acceptors (Lipinski definition) is 4. The summed E-state index contributed by atoms with van der Waals surface area (Å²) in [6, 6.07) is 5.84. The number of benzene rings is 1. The van der Waals surface area contributed by atoms with Gasteiger partial charge in [-0.3, -0.25) is 9.89 Å². The molecule has 1 aromatic heterocycles. The van der Waals surface area contributed by atoms with Gasteiger partial charge in [-0.15, -0.1) is 0 Å². The molecule has 3 rings (SSSR count). The van der Waals surface area contributed by atoms with Crippen LogP contribution >= 0.6 is 0 Å². The third kappa shape index (κ3) is 3.34. The van der Waals surface area contributed by atoms with E-state index < -0.39 is 0 Å². The highest BCUT2D eigenvalue weighted by Crippen LogP contribution is 2.39. The quantitative estimate of drug-likeness (QED) is 0.906. The van der Waals surface area contributed by atoms with Gasteiger partial charge in [-0.05, 0) is 38.8 Å². The van der Waals surface area contributed by atoms with E-state index in [0.29, 0.717) is 6.42 Å². The van der Waals surface area contributed by atoms with Gasteiger partial charge >= 0.3 is 0 Å². The second kappa shape index (κ2) is 7.17. The zero-order valence-electron chi connectivity index (χ0n) is 15.3. The average molecular weight is 343 g/mol. The Morgan fingerprint density at radius 2 is 2.12 bits per heavy atom. The molecule has 6 heteroatoms. The first kappa shape index (κ1) is 17.3. The van der Waals surface area contributed by atoms with Crippen molar-refractivity contribution < 1.29 is 14.3 Å². The number of hydrogen-bond donors (Lipinski definition) is 1. The maximum absolute atomic E-state index is 12.9. The first-order chi connectivity index (χ1) is 12.0. The molecule has 1 N–H and O–H groups in total. The molecule has 2 aromatic rings. The molecule has 0 aliphatic carbocycles. The lowest BCUT2D eigenvalue weighted by molar-refractivity contribution is -0.131. The van der Waals surface area contributed by atoms with E-state index in [9.17, 15) is 4.79 Å². The van der Waals surface area contributed by atoms with Gasteiger partial charge in [-0.1, -0.05) is 0 Å². The van der Waals surface area contributed by atoms with Crippen LogP contribution in [0, 0.1) is 13.8 Å². The van der Waals surface area contributed by atoms with E-state index in [1.807, 2.05) is 36.9 Å². The summed E-state index contributed by atoms with van der Waals surface area (Å²) in [6.07, 6.45) is 2.32. The van der Waals surface area contributed by atoms with Crippen molar-refractivity contribution in [2.24, 2.45) is 0 Å². The predicted octanol–water partition coefficient (Wildman–Crippen LogP) is 2.95. The van der Waals surface area contributed by atoms with Crippen LogP contribution in [0.4, 0.5) is 0 Å². The number of methoxy groups -OCH3 is 2.